The largest absolute Gasteiger partial charge is 0.361 e. The van der Waals surface area contributed by atoms with Crippen LogP contribution in [-0.4, -0.2) is 25.5 Å². The van der Waals surface area contributed by atoms with E-state index in [-0.39, 0.29) is 5.82 Å². The predicted molar refractivity (Wildman–Crippen MR) is 81.6 cm³/mol. The van der Waals surface area contributed by atoms with Crippen LogP contribution in [0.5, 0.6) is 0 Å². The smallest absolute Gasteiger partial charge is 0.123 e. The molecule has 3 heteroatoms. The molecule has 2 aromatic rings. The van der Waals surface area contributed by atoms with Gasteiger partial charge in [-0.05, 0) is 49.3 Å². The molecule has 0 amide bonds. The van der Waals surface area contributed by atoms with Gasteiger partial charge in [-0.2, -0.15) is 0 Å². The normalized spacial score (nSPS) is 23.5. The highest BCUT2D eigenvalue weighted by Crippen LogP contribution is 2.44. The summed E-state index contributed by atoms with van der Waals surface area (Å²) in [4.78, 5) is 1.34. The summed E-state index contributed by atoms with van der Waals surface area (Å²) in [5.74, 6) is -0.306. The van der Waals surface area contributed by atoms with Crippen LogP contribution < -0.4 is 0 Å². The molecular weight excluding hydrogens is 265 g/mol. The van der Waals surface area contributed by atoms with Gasteiger partial charge in [-0.1, -0.05) is 36.4 Å². The van der Waals surface area contributed by atoms with Gasteiger partial charge < -0.3 is 9.64 Å². The van der Waals surface area contributed by atoms with Gasteiger partial charge in [0.25, 0.3) is 0 Å². The zero-order valence-electron chi connectivity index (χ0n) is 15.0. The maximum absolute atomic E-state index is 13.3. The molecule has 0 fully saturated rings. The molecule has 1 unspecified atom stereocenters. The molecule has 21 heavy (non-hydrogen) atoms. The summed E-state index contributed by atoms with van der Waals surface area (Å²) < 4.78 is 42.1. The van der Waals surface area contributed by atoms with E-state index in [9.17, 15) is 4.39 Å². The first-order valence-electron chi connectivity index (χ1n) is 8.52. The van der Waals surface area contributed by atoms with Gasteiger partial charge >= 0.3 is 0 Å². The van der Waals surface area contributed by atoms with E-state index >= 15 is 0 Å². The molecule has 0 N–H and O–H groups in total. The van der Waals surface area contributed by atoms with Crippen LogP contribution in [0.15, 0.2) is 48.5 Å². The maximum atomic E-state index is 13.3. The van der Waals surface area contributed by atoms with Crippen molar-refractivity contribution in [1.29, 1.82) is 0 Å². The molecule has 2 nitrogen and oxygen atoms in total. The molecule has 3 rings (SSSR count). The van der Waals surface area contributed by atoms with Gasteiger partial charge in [0.15, 0.2) is 0 Å². The van der Waals surface area contributed by atoms with Crippen LogP contribution in [0.2, 0.25) is 0 Å². The third-order valence-corrected chi connectivity index (χ3v) is 4.04. The lowest BCUT2D eigenvalue weighted by Crippen LogP contribution is -2.31. The fourth-order valence-corrected chi connectivity index (χ4v) is 2.95. The Kier molecular flexibility index (Phi) is 2.91. The van der Waals surface area contributed by atoms with Crippen molar-refractivity contribution in [3.8, 4) is 0 Å². The first-order valence-corrected chi connectivity index (χ1v) is 7.02. The monoisotopic (exact) mass is 288 g/mol. The van der Waals surface area contributed by atoms with Crippen molar-refractivity contribution in [2.24, 2.45) is 0 Å². The van der Waals surface area contributed by atoms with Crippen molar-refractivity contribution in [3.05, 3.63) is 71.0 Å². The summed E-state index contributed by atoms with van der Waals surface area (Å²) in [5, 5.41) is 0. The second kappa shape index (κ2) is 5.58. The summed E-state index contributed by atoms with van der Waals surface area (Å²) in [7, 11) is 1.58. The third kappa shape index (κ3) is 2.59. The molecule has 2 aromatic carbocycles. The number of ether oxygens (including phenoxy) is 1. The molecule has 0 saturated heterocycles. The number of benzene rings is 2. The van der Waals surface area contributed by atoms with Gasteiger partial charge in [-0.3, -0.25) is 0 Å². The predicted octanol–water partition coefficient (Wildman–Crippen LogP) is 3.55. The molecule has 1 heterocycles. The summed E-state index contributed by atoms with van der Waals surface area (Å²) >= 11 is 0. The van der Waals surface area contributed by atoms with E-state index < -0.39 is 12.6 Å². The number of rotatable bonds is 4. The highest BCUT2D eigenvalue weighted by atomic mass is 19.1. The topological polar surface area (TPSA) is 12.5 Å². The van der Waals surface area contributed by atoms with Crippen molar-refractivity contribution in [3.63, 3.8) is 0 Å². The van der Waals surface area contributed by atoms with E-state index in [0.29, 0.717) is 19.6 Å². The molecule has 0 bridgehead atoms. The molecule has 110 valence electrons. The summed E-state index contributed by atoms with van der Waals surface area (Å²) in [6.07, 6.45) is 0.477. The molecule has 1 aliphatic rings. The highest BCUT2D eigenvalue weighted by molar-refractivity contribution is 5.44. The summed E-state index contributed by atoms with van der Waals surface area (Å²) in [6.45, 7) is -1.35. The van der Waals surface area contributed by atoms with Crippen LogP contribution in [-0.2, 0) is 16.9 Å². The van der Waals surface area contributed by atoms with E-state index in [1.165, 1.54) is 17.0 Å². The Labute approximate surface area is 129 Å². The van der Waals surface area contributed by atoms with Gasteiger partial charge in [-0.25, -0.2) is 4.39 Å². The summed E-state index contributed by atoms with van der Waals surface area (Å²) in [6, 6.07) is 14.2. The van der Waals surface area contributed by atoms with Gasteiger partial charge in [0.05, 0.1) is 6.61 Å². The van der Waals surface area contributed by atoms with E-state index in [0.717, 1.165) is 16.7 Å². The van der Waals surface area contributed by atoms with Crippen molar-refractivity contribution < 1.29 is 13.2 Å². The molecule has 0 saturated carbocycles. The molecule has 0 radical (unpaired) electrons. The van der Waals surface area contributed by atoms with Crippen LogP contribution in [0.1, 0.15) is 27.2 Å². The molecular formula is C18H20FNO. The number of hydrogen-bond donors (Lipinski definition) is 0. The minimum Gasteiger partial charge on any atom is -0.361 e. The SMILES string of the molecule is [2H]C([2H])([2H])N(C)CCC1(c2ccc(F)cc2)OCc2ccccc21. The zero-order valence-corrected chi connectivity index (χ0v) is 12.0. The molecule has 0 spiro atoms. The Hall–Kier alpha value is -1.71. The standard InChI is InChI=1S/C18H20FNO/c1-20(2)12-11-18(15-7-9-16(19)10-8-15)17-6-4-3-5-14(17)13-21-18/h3-10H,11-13H2,1-2H3/i1D3. The third-order valence-electron chi connectivity index (χ3n) is 4.04. The fraction of sp³-hybridized carbons (Fsp3) is 0.333. The van der Waals surface area contributed by atoms with Crippen molar-refractivity contribution >= 4 is 0 Å². The minimum absolute atomic E-state index is 0.306. The average molecular weight is 288 g/mol. The second-order valence-electron chi connectivity index (χ2n) is 5.45. The Morgan fingerprint density at radius 1 is 1.24 bits per heavy atom. The van der Waals surface area contributed by atoms with Crippen LogP contribution in [0.4, 0.5) is 4.39 Å². The minimum atomic E-state index is -2.15. The first kappa shape index (κ1) is 10.9. The number of hydrogen-bond acceptors (Lipinski definition) is 2. The van der Waals surface area contributed by atoms with Crippen LogP contribution in [0, 0.1) is 5.82 Å². The van der Waals surface area contributed by atoms with E-state index in [1.807, 2.05) is 24.3 Å². The molecule has 0 aromatic heterocycles. The molecule has 0 aliphatic carbocycles. The van der Waals surface area contributed by atoms with E-state index in [1.54, 1.807) is 19.2 Å². The Bertz CT molecular complexity index is 717. The summed E-state index contributed by atoms with van der Waals surface area (Å²) in [5.41, 5.74) is 2.20. The second-order valence-corrected chi connectivity index (χ2v) is 5.45. The van der Waals surface area contributed by atoms with Gasteiger partial charge in [0.2, 0.25) is 0 Å². The first-order chi connectivity index (χ1) is 11.3. The quantitative estimate of drug-likeness (QED) is 0.853. The Morgan fingerprint density at radius 2 is 2.00 bits per heavy atom. The van der Waals surface area contributed by atoms with E-state index in [2.05, 4.69) is 0 Å². The number of fused-ring (bicyclic) bond motifs is 1. The van der Waals surface area contributed by atoms with Crippen LogP contribution >= 0.6 is 0 Å². The fourth-order valence-electron chi connectivity index (χ4n) is 2.95. The van der Waals surface area contributed by atoms with E-state index in [4.69, 9.17) is 8.85 Å². The lowest BCUT2D eigenvalue weighted by atomic mass is 9.83. The zero-order chi connectivity index (χ0) is 17.4. The Balaban J connectivity index is 1.98. The van der Waals surface area contributed by atoms with Gasteiger partial charge in [0, 0.05) is 10.7 Å². The van der Waals surface area contributed by atoms with Gasteiger partial charge in [0.1, 0.15) is 11.4 Å². The molecule has 1 atom stereocenters. The van der Waals surface area contributed by atoms with Crippen molar-refractivity contribution in [2.75, 3.05) is 20.6 Å². The van der Waals surface area contributed by atoms with Crippen LogP contribution in [0.3, 0.4) is 0 Å². The molecule has 1 aliphatic heterocycles. The number of halogens is 1. The Morgan fingerprint density at radius 3 is 2.76 bits per heavy atom. The van der Waals surface area contributed by atoms with Gasteiger partial charge in [-0.15, -0.1) is 0 Å². The number of nitrogens with zero attached hydrogens (tertiary/aromatic N) is 1. The van der Waals surface area contributed by atoms with Crippen LogP contribution in [0.25, 0.3) is 0 Å². The highest BCUT2D eigenvalue weighted by Gasteiger charge is 2.41. The van der Waals surface area contributed by atoms with Crippen molar-refractivity contribution in [1.82, 2.24) is 4.90 Å². The van der Waals surface area contributed by atoms with Crippen molar-refractivity contribution in [2.45, 2.75) is 18.6 Å². The average Bonchev–Trinajstić information content (AvgIpc) is 2.92. The lowest BCUT2D eigenvalue weighted by molar-refractivity contribution is -0.0156. The maximum Gasteiger partial charge on any atom is 0.123 e. The lowest BCUT2D eigenvalue weighted by Gasteiger charge is -2.31.